The maximum Gasteiger partial charge on any atom is 0.294 e. The van der Waals surface area contributed by atoms with Crippen LogP contribution < -0.4 is 0 Å². The average Bonchev–Trinajstić information content (AvgIpc) is 2.91. The number of hydrogen-bond acceptors (Lipinski definition) is 21. The third-order valence-corrected chi connectivity index (χ3v) is 12.7. The minimum atomic E-state index is -1.08. The van der Waals surface area contributed by atoms with Crippen molar-refractivity contribution in [1.82, 2.24) is 0 Å². The Hall–Kier alpha value is -1.90. The van der Waals surface area contributed by atoms with Crippen molar-refractivity contribution in [1.29, 1.82) is 0 Å². The van der Waals surface area contributed by atoms with Crippen LogP contribution in [0.25, 0.3) is 0 Å². The lowest BCUT2D eigenvalue weighted by atomic mass is 10.1. The second kappa shape index (κ2) is 26.3. The van der Waals surface area contributed by atoms with E-state index < -0.39 is 38.1 Å². The van der Waals surface area contributed by atoms with Gasteiger partial charge < -0.3 is 24.2 Å². The molecule has 2 fully saturated rings. The van der Waals surface area contributed by atoms with E-state index in [4.69, 9.17) is 0 Å². The highest BCUT2D eigenvalue weighted by atomic mass is 33.1. The van der Waals surface area contributed by atoms with Gasteiger partial charge in [-0.25, -0.2) is 0 Å². The summed E-state index contributed by atoms with van der Waals surface area (Å²) >= 11 is 0. The third kappa shape index (κ3) is 25.4. The SMILES string of the molecule is C.CC(CO[N+](=O)[O-])CSSCC(CO[N+](=O)[O-])O[N+](=O)[O-].CC1CSSCC1O[N+](=O)[O-].CC1CSSCC1O[N+](=O)[O-]. The molecule has 2 rings (SSSR count). The van der Waals surface area contributed by atoms with E-state index in [9.17, 15) is 50.6 Å². The first kappa shape index (κ1) is 44.2. The normalized spacial score (nSPS) is 21.9. The lowest BCUT2D eigenvalue weighted by molar-refractivity contribution is -0.788. The fourth-order valence-corrected chi connectivity index (χ4v) is 10.6. The van der Waals surface area contributed by atoms with Gasteiger partial charge in [0.1, 0.15) is 24.9 Å². The zero-order valence-electron chi connectivity index (χ0n) is 22.9. The summed E-state index contributed by atoms with van der Waals surface area (Å²) in [6.07, 6.45) is -1.50. The molecule has 26 heteroatoms. The lowest BCUT2D eigenvalue weighted by Gasteiger charge is -2.25. The number of nitrogens with zero attached hydrogens (tertiary/aromatic N) is 5. The highest BCUT2D eigenvalue weighted by Crippen LogP contribution is 2.34. The second-order valence-electron chi connectivity index (χ2n) is 8.49. The van der Waals surface area contributed by atoms with Crippen LogP contribution in [0.2, 0.25) is 0 Å². The highest BCUT2D eigenvalue weighted by molar-refractivity contribution is 8.77. The Morgan fingerprint density at radius 3 is 1.45 bits per heavy atom. The van der Waals surface area contributed by atoms with Crippen LogP contribution in [0.4, 0.5) is 0 Å². The van der Waals surface area contributed by atoms with E-state index in [1.54, 1.807) is 50.1 Å². The fourth-order valence-electron chi connectivity index (χ4n) is 2.47. The summed E-state index contributed by atoms with van der Waals surface area (Å²) in [6, 6.07) is 0. The maximum absolute atomic E-state index is 10.2. The van der Waals surface area contributed by atoms with Crippen LogP contribution in [0.1, 0.15) is 28.2 Å². The van der Waals surface area contributed by atoms with Crippen molar-refractivity contribution in [3.05, 3.63) is 50.6 Å². The molecule has 0 saturated carbocycles. The van der Waals surface area contributed by atoms with Crippen LogP contribution >= 0.6 is 64.8 Å². The van der Waals surface area contributed by atoms with Gasteiger partial charge in [-0.15, -0.1) is 50.6 Å². The topological polar surface area (TPSA) is 262 Å². The summed E-state index contributed by atoms with van der Waals surface area (Å²) in [5.74, 6) is 4.35. The molecular formula is C18H35N5O15S6. The molecule has 0 bridgehead atoms. The van der Waals surface area contributed by atoms with E-state index in [1.807, 2.05) is 13.8 Å². The van der Waals surface area contributed by atoms with Gasteiger partial charge in [-0.05, 0) is 17.8 Å². The van der Waals surface area contributed by atoms with E-state index in [1.165, 1.54) is 21.6 Å². The van der Waals surface area contributed by atoms with Crippen LogP contribution in [0.15, 0.2) is 0 Å². The monoisotopic (exact) mass is 753 g/mol. The molecular weight excluding hydrogens is 719 g/mol. The smallest absolute Gasteiger partial charge is 0.294 e. The molecule has 6 atom stereocenters. The van der Waals surface area contributed by atoms with Gasteiger partial charge in [-0.3, -0.25) is 0 Å². The predicted octanol–water partition coefficient (Wildman–Crippen LogP) is 4.82. The van der Waals surface area contributed by atoms with Gasteiger partial charge in [0, 0.05) is 34.5 Å². The van der Waals surface area contributed by atoms with Crippen LogP contribution in [0, 0.1) is 68.3 Å². The number of hydrogen-bond donors (Lipinski definition) is 0. The van der Waals surface area contributed by atoms with Crippen LogP contribution in [-0.4, -0.2) is 91.5 Å². The second-order valence-corrected chi connectivity index (χ2v) is 16.1. The molecule has 0 radical (unpaired) electrons. The van der Waals surface area contributed by atoms with E-state index in [0.29, 0.717) is 17.3 Å². The Kier molecular flexibility index (Phi) is 26.5. The molecule has 2 aliphatic rings. The van der Waals surface area contributed by atoms with Gasteiger partial charge in [-0.2, -0.15) is 0 Å². The van der Waals surface area contributed by atoms with Gasteiger partial charge in [-0.1, -0.05) is 93.0 Å². The summed E-state index contributed by atoms with van der Waals surface area (Å²) in [7, 11) is 9.23. The van der Waals surface area contributed by atoms with E-state index in [0.717, 1.165) is 11.5 Å². The van der Waals surface area contributed by atoms with E-state index in [2.05, 4.69) is 24.2 Å². The van der Waals surface area contributed by atoms with Crippen molar-refractivity contribution in [2.75, 3.05) is 47.7 Å². The van der Waals surface area contributed by atoms with E-state index in [-0.39, 0.29) is 49.7 Å². The maximum atomic E-state index is 10.2. The molecule has 20 nitrogen and oxygen atoms in total. The molecule has 258 valence electrons. The number of rotatable bonds is 17. The molecule has 44 heavy (non-hydrogen) atoms. The first-order valence-corrected chi connectivity index (χ1v) is 19.4. The molecule has 0 aromatic rings. The van der Waals surface area contributed by atoms with Crippen LogP contribution in [0.3, 0.4) is 0 Å². The van der Waals surface area contributed by atoms with Gasteiger partial charge in [0.05, 0.1) is 6.61 Å². The summed E-state index contributed by atoms with van der Waals surface area (Å²) in [4.78, 5) is 71.6. The molecule has 0 N–H and O–H groups in total. The first-order chi connectivity index (χ1) is 20.2. The zero-order valence-corrected chi connectivity index (χ0v) is 27.8. The third-order valence-electron chi connectivity index (χ3n) is 4.76. The molecule has 2 heterocycles. The molecule has 0 aromatic heterocycles. The van der Waals surface area contributed by atoms with Crippen LogP contribution in [0.5, 0.6) is 0 Å². The standard InChI is InChI=1S/C7H13N3O9S2.2C5H9NO3S2.CH4/c1-6(2-17-8(11)12)4-20-21-5-7(19-10(15)16)3-18-9(13)14;2*1-4-2-10-11-3-5(4)9-6(7)8;/h6-7H,2-5H2,1H3;2*4-5H,2-3H2,1H3;1H4. The average molecular weight is 754 g/mol. The Morgan fingerprint density at radius 1 is 0.659 bits per heavy atom. The Morgan fingerprint density at radius 2 is 1.07 bits per heavy atom. The van der Waals surface area contributed by atoms with Gasteiger partial charge in [0.15, 0.2) is 0 Å². The van der Waals surface area contributed by atoms with Crippen molar-refractivity contribution in [2.24, 2.45) is 17.8 Å². The van der Waals surface area contributed by atoms with Crippen molar-refractivity contribution < 1.29 is 49.6 Å². The highest BCUT2D eigenvalue weighted by Gasteiger charge is 2.26. The molecule has 6 unspecified atom stereocenters. The molecule has 2 aliphatic heterocycles. The molecule has 0 aliphatic carbocycles. The Balaban J connectivity index is 0. The Labute approximate surface area is 275 Å². The molecule has 0 aromatic carbocycles. The minimum absolute atomic E-state index is 0. The van der Waals surface area contributed by atoms with Gasteiger partial charge in [0.25, 0.3) is 25.4 Å². The largest absolute Gasteiger partial charge is 0.314 e. The quantitative estimate of drug-likeness (QED) is 0.0833. The van der Waals surface area contributed by atoms with Crippen molar-refractivity contribution in [2.45, 2.75) is 46.5 Å². The molecule has 2 saturated heterocycles. The lowest BCUT2D eigenvalue weighted by Crippen LogP contribution is -2.30. The fraction of sp³-hybridized carbons (Fsp3) is 1.00. The van der Waals surface area contributed by atoms with Gasteiger partial charge >= 0.3 is 0 Å². The van der Waals surface area contributed by atoms with Gasteiger partial charge in [0.2, 0.25) is 0 Å². The van der Waals surface area contributed by atoms with Crippen molar-refractivity contribution in [3.63, 3.8) is 0 Å². The molecule has 0 amide bonds. The Bertz CT molecular complexity index is 838. The summed E-state index contributed by atoms with van der Waals surface area (Å²) in [6.45, 7) is 5.07. The zero-order chi connectivity index (χ0) is 32.8. The van der Waals surface area contributed by atoms with E-state index >= 15 is 0 Å². The predicted molar refractivity (Wildman–Crippen MR) is 170 cm³/mol. The van der Waals surface area contributed by atoms with Crippen molar-refractivity contribution >= 4 is 64.8 Å². The first-order valence-electron chi connectivity index (χ1n) is 11.9. The van der Waals surface area contributed by atoms with Crippen LogP contribution in [-0.2, 0) is 24.2 Å². The molecule has 0 spiro atoms. The summed E-state index contributed by atoms with van der Waals surface area (Å²) < 4.78 is 0. The minimum Gasteiger partial charge on any atom is -0.314 e. The summed E-state index contributed by atoms with van der Waals surface area (Å²) in [5, 5.41) is 45.8. The van der Waals surface area contributed by atoms with Crippen molar-refractivity contribution in [3.8, 4) is 0 Å². The summed E-state index contributed by atoms with van der Waals surface area (Å²) in [5.41, 5.74) is 0.